The molecule has 17 heavy (non-hydrogen) atoms. The molecule has 2 N–H and O–H groups in total. The van der Waals surface area contributed by atoms with Crippen LogP contribution in [0, 0.1) is 11.3 Å². The number of hydrogen-bond acceptors (Lipinski definition) is 2. The molecule has 0 spiro atoms. The number of nitrogens with two attached hydrogens (primary N) is 1. The second-order valence-corrected chi connectivity index (χ2v) is 6.89. The molecule has 0 aromatic carbocycles. The molecule has 2 nitrogen and oxygen atoms in total. The molecule has 2 saturated carbocycles. The van der Waals surface area contributed by atoms with Crippen LogP contribution >= 0.6 is 0 Å². The Kier molecular flexibility index (Phi) is 4.14. The lowest BCUT2D eigenvalue weighted by Gasteiger charge is -2.31. The highest BCUT2D eigenvalue weighted by Crippen LogP contribution is 2.41. The summed E-state index contributed by atoms with van der Waals surface area (Å²) in [6, 6.07) is 1.31. The highest BCUT2D eigenvalue weighted by Gasteiger charge is 2.41. The first kappa shape index (κ1) is 13.4. The first-order valence-electron chi connectivity index (χ1n) is 7.54. The molecular formula is C15H30N2. The molecular weight excluding hydrogens is 208 g/mol. The fraction of sp³-hybridized carbons (Fsp3) is 1.00. The van der Waals surface area contributed by atoms with E-state index in [4.69, 9.17) is 5.73 Å². The molecule has 2 heteroatoms. The first-order chi connectivity index (χ1) is 8.04. The summed E-state index contributed by atoms with van der Waals surface area (Å²) in [4.78, 5) is 2.73. The topological polar surface area (TPSA) is 29.3 Å². The number of hydrogen-bond donors (Lipinski definition) is 1. The van der Waals surface area contributed by atoms with Crippen LogP contribution in [0.2, 0.25) is 0 Å². The van der Waals surface area contributed by atoms with Gasteiger partial charge in [0.25, 0.3) is 0 Å². The average Bonchev–Trinajstić information content (AvgIpc) is 3.08. The zero-order valence-corrected chi connectivity index (χ0v) is 11.9. The van der Waals surface area contributed by atoms with E-state index in [0.29, 0.717) is 11.5 Å². The van der Waals surface area contributed by atoms with Crippen LogP contribution in [0.1, 0.15) is 59.3 Å². The van der Waals surface area contributed by atoms with Crippen LogP contribution in [0.25, 0.3) is 0 Å². The van der Waals surface area contributed by atoms with Crippen LogP contribution in [0.5, 0.6) is 0 Å². The predicted octanol–water partition coefficient (Wildman–Crippen LogP) is 3.01. The van der Waals surface area contributed by atoms with Crippen LogP contribution in [-0.2, 0) is 0 Å². The maximum atomic E-state index is 6.43. The second kappa shape index (κ2) is 5.27. The van der Waals surface area contributed by atoms with E-state index < -0.39 is 0 Å². The van der Waals surface area contributed by atoms with Crippen molar-refractivity contribution in [3.05, 3.63) is 0 Å². The summed E-state index contributed by atoms with van der Waals surface area (Å²) < 4.78 is 0. The number of unbranched alkanes of at least 4 members (excludes halogenated alkanes) is 1. The fourth-order valence-corrected chi connectivity index (χ4v) is 3.27. The average molecular weight is 238 g/mol. The van der Waals surface area contributed by atoms with Gasteiger partial charge in [-0.25, -0.2) is 0 Å². The van der Waals surface area contributed by atoms with Crippen molar-refractivity contribution >= 4 is 0 Å². The van der Waals surface area contributed by atoms with Crippen LogP contribution in [-0.4, -0.2) is 30.1 Å². The summed E-state index contributed by atoms with van der Waals surface area (Å²) in [6.07, 6.45) is 8.16. The lowest BCUT2D eigenvalue weighted by atomic mass is 9.85. The fourth-order valence-electron chi connectivity index (χ4n) is 3.27. The molecule has 0 saturated heterocycles. The molecule has 2 aliphatic carbocycles. The molecule has 2 unspecified atom stereocenters. The third kappa shape index (κ3) is 3.23. The van der Waals surface area contributed by atoms with Crippen molar-refractivity contribution < 1.29 is 0 Å². The van der Waals surface area contributed by atoms with Crippen molar-refractivity contribution in [2.24, 2.45) is 17.1 Å². The van der Waals surface area contributed by atoms with Gasteiger partial charge in [0, 0.05) is 18.6 Å². The quantitative estimate of drug-likeness (QED) is 0.771. The number of nitrogens with zero attached hydrogens (tertiary/aromatic N) is 1. The SMILES string of the molecule is CCCCN(CC1CCC(C)(C)C1N)C1CC1. The lowest BCUT2D eigenvalue weighted by molar-refractivity contribution is 0.195. The molecule has 0 bridgehead atoms. The molecule has 0 aromatic rings. The molecule has 2 atom stereocenters. The summed E-state index contributed by atoms with van der Waals surface area (Å²) in [5.41, 5.74) is 6.79. The van der Waals surface area contributed by atoms with E-state index in [0.717, 1.165) is 12.0 Å². The molecule has 0 radical (unpaired) electrons. The lowest BCUT2D eigenvalue weighted by Crippen LogP contribution is -2.43. The van der Waals surface area contributed by atoms with Crippen LogP contribution in [0.4, 0.5) is 0 Å². The van der Waals surface area contributed by atoms with E-state index in [1.165, 1.54) is 51.6 Å². The molecule has 0 aromatic heterocycles. The monoisotopic (exact) mass is 238 g/mol. The third-order valence-corrected chi connectivity index (χ3v) is 4.90. The predicted molar refractivity (Wildman–Crippen MR) is 74.0 cm³/mol. The van der Waals surface area contributed by atoms with Crippen molar-refractivity contribution in [2.45, 2.75) is 71.4 Å². The summed E-state index contributed by atoms with van der Waals surface area (Å²) in [7, 11) is 0. The highest BCUT2D eigenvalue weighted by atomic mass is 15.2. The molecule has 0 heterocycles. The van der Waals surface area contributed by atoms with Gasteiger partial charge in [0.05, 0.1) is 0 Å². The standard InChI is InChI=1S/C15H30N2/c1-4-5-10-17(13-6-7-13)11-12-8-9-15(2,3)14(12)16/h12-14H,4-11,16H2,1-3H3. The van der Waals surface area contributed by atoms with E-state index >= 15 is 0 Å². The minimum Gasteiger partial charge on any atom is -0.327 e. The van der Waals surface area contributed by atoms with E-state index in [1.54, 1.807) is 0 Å². The summed E-state index contributed by atoms with van der Waals surface area (Å²) in [5.74, 6) is 0.738. The van der Waals surface area contributed by atoms with Gasteiger partial charge >= 0.3 is 0 Å². The van der Waals surface area contributed by atoms with Crippen LogP contribution in [0.15, 0.2) is 0 Å². The zero-order chi connectivity index (χ0) is 12.5. The van der Waals surface area contributed by atoms with Crippen molar-refractivity contribution in [2.75, 3.05) is 13.1 Å². The zero-order valence-electron chi connectivity index (χ0n) is 11.9. The van der Waals surface area contributed by atoms with Gasteiger partial charge in [-0.05, 0) is 50.0 Å². The van der Waals surface area contributed by atoms with Gasteiger partial charge in [0.1, 0.15) is 0 Å². The largest absolute Gasteiger partial charge is 0.327 e. The van der Waals surface area contributed by atoms with Gasteiger partial charge in [-0.3, -0.25) is 0 Å². The summed E-state index contributed by atoms with van der Waals surface area (Å²) in [5, 5.41) is 0. The smallest absolute Gasteiger partial charge is 0.0131 e. The molecule has 2 fully saturated rings. The molecule has 100 valence electrons. The number of rotatable bonds is 6. The Hall–Kier alpha value is -0.0800. The Labute approximate surface area is 107 Å². The van der Waals surface area contributed by atoms with E-state index in [-0.39, 0.29) is 0 Å². The van der Waals surface area contributed by atoms with Crippen molar-refractivity contribution in [3.63, 3.8) is 0 Å². The van der Waals surface area contributed by atoms with Gasteiger partial charge in [-0.15, -0.1) is 0 Å². The van der Waals surface area contributed by atoms with Crippen LogP contribution in [0.3, 0.4) is 0 Å². The Morgan fingerprint density at radius 2 is 1.94 bits per heavy atom. The normalized spacial score (nSPS) is 32.3. The molecule has 2 rings (SSSR count). The summed E-state index contributed by atoms with van der Waals surface area (Å²) in [6.45, 7) is 9.52. The van der Waals surface area contributed by atoms with E-state index in [1.807, 2.05) is 0 Å². The molecule has 0 aliphatic heterocycles. The van der Waals surface area contributed by atoms with Crippen molar-refractivity contribution in [1.29, 1.82) is 0 Å². The van der Waals surface area contributed by atoms with Gasteiger partial charge in [-0.1, -0.05) is 27.2 Å². The minimum absolute atomic E-state index is 0.366. The summed E-state index contributed by atoms with van der Waals surface area (Å²) >= 11 is 0. The van der Waals surface area contributed by atoms with E-state index in [9.17, 15) is 0 Å². The maximum Gasteiger partial charge on any atom is 0.0131 e. The highest BCUT2D eigenvalue weighted by molar-refractivity contribution is 4.96. The van der Waals surface area contributed by atoms with Crippen molar-refractivity contribution in [3.8, 4) is 0 Å². The molecule has 0 amide bonds. The maximum absolute atomic E-state index is 6.43. The van der Waals surface area contributed by atoms with Crippen molar-refractivity contribution in [1.82, 2.24) is 4.90 Å². The van der Waals surface area contributed by atoms with Crippen LogP contribution < -0.4 is 5.73 Å². The second-order valence-electron chi connectivity index (χ2n) is 6.89. The first-order valence-corrected chi connectivity index (χ1v) is 7.54. The van der Waals surface area contributed by atoms with Gasteiger partial charge in [-0.2, -0.15) is 0 Å². The molecule has 2 aliphatic rings. The van der Waals surface area contributed by atoms with Gasteiger partial charge < -0.3 is 10.6 Å². The minimum atomic E-state index is 0.366. The van der Waals surface area contributed by atoms with Gasteiger partial charge in [0.2, 0.25) is 0 Å². The Morgan fingerprint density at radius 1 is 1.24 bits per heavy atom. The van der Waals surface area contributed by atoms with Gasteiger partial charge in [0.15, 0.2) is 0 Å². The Bertz CT molecular complexity index is 245. The Balaban J connectivity index is 1.85. The Morgan fingerprint density at radius 3 is 2.41 bits per heavy atom. The van der Waals surface area contributed by atoms with E-state index in [2.05, 4.69) is 25.7 Å². The third-order valence-electron chi connectivity index (χ3n) is 4.90.